The molecule has 2 heterocycles. The summed E-state index contributed by atoms with van der Waals surface area (Å²) in [5.41, 5.74) is 1.67. The van der Waals surface area contributed by atoms with Gasteiger partial charge in [-0.2, -0.15) is 0 Å². The summed E-state index contributed by atoms with van der Waals surface area (Å²) in [5, 5.41) is 21.2. The second-order valence-electron chi connectivity index (χ2n) is 7.80. The summed E-state index contributed by atoms with van der Waals surface area (Å²) < 4.78 is 13.3. The van der Waals surface area contributed by atoms with E-state index >= 15 is 0 Å². The van der Waals surface area contributed by atoms with Gasteiger partial charge in [0.15, 0.2) is 0 Å². The van der Waals surface area contributed by atoms with Crippen molar-refractivity contribution in [3.05, 3.63) is 30.5 Å². The third kappa shape index (κ3) is 4.76. The summed E-state index contributed by atoms with van der Waals surface area (Å²) >= 11 is 0. The fourth-order valence-electron chi connectivity index (χ4n) is 3.82. The Balaban J connectivity index is 1.30. The van der Waals surface area contributed by atoms with Crippen LogP contribution in [-0.2, 0) is 16.1 Å². The quantitative estimate of drug-likeness (QED) is 0.701. The molecule has 1 aliphatic carbocycles. The zero-order chi connectivity index (χ0) is 20.2. The monoisotopic (exact) mass is 400 g/mol. The summed E-state index contributed by atoms with van der Waals surface area (Å²) in [5.74, 6) is 1.03. The minimum atomic E-state index is -0.351. The molecule has 8 heteroatoms. The number of aliphatic hydroxyl groups excluding tert-OH is 1. The van der Waals surface area contributed by atoms with Crippen LogP contribution < -0.4 is 10.1 Å². The van der Waals surface area contributed by atoms with Crippen molar-refractivity contribution in [1.82, 2.24) is 20.3 Å². The maximum absolute atomic E-state index is 12.0. The highest BCUT2D eigenvalue weighted by Crippen LogP contribution is 2.30. The van der Waals surface area contributed by atoms with Crippen molar-refractivity contribution < 1.29 is 19.4 Å². The van der Waals surface area contributed by atoms with Gasteiger partial charge in [-0.05, 0) is 44.2 Å². The highest BCUT2D eigenvalue weighted by molar-refractivity contribution is 5.81. The molecule has 8 nitrogen and oxygen atoms in total. The van der Waals surface area contributed by atoms with Gasteiger partial charge in [-0.25, -0.2) is 0 Å². The number of para-hydroxylation sites is 1. The number of carbonyl (C=O) groups is 1. The summed E-state index contributed by atoms with van der Waals surface area (Å²) in [4.78, 5) is 12.0. The van der Waals surface area contributed by atoms with Gasteiger partial charge in [0.05, 0.1) is 32.1 Å². The molecule has 1 aromatic carbocycles. The Morgan fingerprint density at radius 3 is 2.90 bits per heavy atom. The molecule has 3 atom stereocenters. The molecule has 1 saturated carbocycles. The van der Waals surface area contributed by atoms with Crippen molar-refractivity contribution in [3.8, 4) is 17.0 Å². The predicted molar refractivity (Wildman–Crippen MR) is 106 cm³/mol. The molecule has 1 aromatic heterocycles. The van der Waals surface area contributed by atoms with Crippen molar-refractivity contribution in [3.63, 3.8) is 0 Å². The minimum Gasteiger partial charge on any atom is -0.496 e. The van der Waals surface area contributed by atoms with Crippen molar-refractivity contribution >= 4 is 5.91 Å². The molecule has 0 radical (unpaired) electrons. The van der Waals surface area contributed by atoms with Gasteiger partial charge < -0.3 is 19.9 Å². The Hall–Kier alpha value is -2.45. The topological polar surface area (TPSA) is 98.5 Å². The third-order valence-corrected chi connectivity index (χ3v) is 5.67. The number of rotatable bonds is 8. The van der Waals surface area contributed by atoms with E-state index in [0.29, 0.717) is 6.54 Å². The van der Waals surface area contributed by atoms with Gasteiger partial charge in [0.25, 0.3) is 0 Å². The number of carbonyl (C=O) groups excluding carboxylic acids is 1. The summed E-state index contributed by atoms with van der Waals surface area (Å²) in [6, 6.07) is 7.62. The van der Waals surface area contributed by atoms with Crippen LogP contribution in [0.25, 0.3) is 11.3 Å². The number of amides is 1. The van der Waals surface area contributed by atoms with Gasteiger partial charge in [0.2, 0.25) is 5.91 Å². The van der Waals surface area contributed by atoms with Crippen LogP contribution >= 0.6 is 0 Å². The van der Waals surface area contributed by atoms with Gasteiger partial charge in [0, 0.05) is 18.0 Å². The fraction of sp³-hybridized carbons (Fsp3) is 0.571. The van der Waals surface area contributed by atoms with Crippen LogP contribution in [0.1, 0.15) is 32.1 Å². The Morgan fingerprint density at radius 2 is 2.14 bits per heavy atom. The Kier molecular flexibility index (Phi) is 6.10. The number of benzene rings is 1. The van der Waals surface area contributed by atoms with Gasteiger partial charge in [-0.3, -0.25) is 9.48 Å². The molecule has 29 heavy (non-hydrogen) atoms. The van der Waals surface area contributed by atoms with Gasteiger partial charge >= 0.3 is 0 Å². The number of methoxy groups -OCH3 is 1. The van der Waals surface area contributed by atoms with Crippen LogP contribution in [0.2, 0.25) is 0 Å². The molecule has 0 unspecified atom stereocenters. The number of aliphatic hydroxyl groups is 1. The van der Waals surface area contributed by atoms with E-state index in [4.69, 9.17) is 9.47 Å². The first-order valence-corrected chi connectivity index (χ1v) is 10.3. The first-order chi connectivity index (χ1) is 14.2. The smallest absolute Gasteiger partial charge is 0.223 e. The van der Waals surface area contributed by atoms with E-state index in [1.165, 1.54) is 0 Å². The molecule has 0 bridgehead atoms. The van der Waals surface area contributed by atoms with Crippen molar-refractivity contribution in [1.29, 1.82) is 0 Å². The maximum Gasteiger partial charge on any atom is 0.223 e. The van der Waals surface area contributed by atoms with Crippen LogP contribution in [0.3, 0.4) is 0 Å². The van der Waals surface area contributed by atoms with Gasteiger partial charge in [0.1, 0.15) is 17.5 Å². The molecular weight excluding hydrogens is 372 g/mol. The molecule has 0 spiro atoms. The van der Waals surface area contributed by atoms with Crippen molar-refractivity contribution in [2.45, 2.75) is 56.9 Å². The lowest BCUT2D eigenvalue weighted by atomic mass is 9.97. The van der Waals surface area contributed by atoms with Crippen LogP contribution in [0, 0.1) is 5.92 Å². The second-order valence-corrected chi connectivity index (χ2v) is 7.80. The van der Waals surface area contributed by atoms with E-state index in [9.17, 15) is 9.90 Å². The lowest BCUT2D eigenvalue weighted by molar-refractivity contribution is -0.129. The number of aryl methyl sites for hydroxylation is 1. The first-order valence-electron chi connectivity index (χ1n) is 10.3. The van der Waals surface area contributed by atoms with Gasteiger partial charge in [-0.1, -0.05) is 17.3 Å². The number of aromatic nitrogens is 3. The molecule has 1 saturated heterocycles. The largest absolute Gasteiger partial charge is 0.496 e. The number of hydrogen-bond acceptors (Lipinski definition) is 6. The Morgan fingerprint density at radius 1 is 1.31 bits per heavy atom. The van der Waals surface area contributed by atoms with Crippen LogP contribution in [0.5, 0.6) is 5.75 Å². The van der Waals surface area contributed by atoms with Crippen molar-refractivity contribution in [2.75, 3.05) is 13.7 Å². The van der Waals surface area contributed by atoms with Crippen LogP contribution in [0.15, 0.2) is 30.5 Å². The zero-order valence-corrected chi connectivity index (χ0v) is 16.7. The molecule has 2 aromatic rings. The van der Waals surface area contributed by atoms with E-state index in [1.54, 1.807) is 11.8 Å². The average Bonchev–Trinajstić information content (AvgIpc) is 3.51. The lowest BCUT2D eigenvalue weighted by Gasteiger charge is -2.36. The van der Waals surface area contributed by atoms with E-state index in [1.807, 2.05) is 30.5 Å². The normalized spacial score (nSPS) is 24.3. The third-order valence-electron chi connectivity index (χ3n) is 5.67. The predicted octanol–water partition coefficient (Wildman–Crippen LogP) is 1.78. The van der Waals surface area contributed by atoms with E-state index in [-0.39, 0.29) is 36.7 Å². The van der Waals surface area contributed by atoms with Crippen LogP contribution in [-0.4, -0.2) is 58.0 Å². The SMILES string of the molecule is COc1ccccc1-c1cn(CC[C@@H]2CC[C@@H](NC(=O)C3CC3)[C@H](CO)O2)nn1. The van der Waals surface area contributed by atoms with E-state index in [0.717, 1.165) is 49.1 Å². The highest BCUT2D eigenvalue weighted by atomic mass is 16.5. The molecule has 1 amide bonds. The molecule has 2 fully saturated rings. The average molecular weight is 400 g/mol. The molecule has 156 valence electrons. The molecular formula is C21H28N4O4. The molecule has 1 aliphatic heterocycles. The first kappa shape index (κ1) is 19.8. The summed E-state index contributed by atoms with van der Waals surface area (Å²) in [6.07, 6.45) is 5.97. The van der Waals surface area contributed by atoms with Crippen LogP contribution in [0.4, 0.5) is 0 Å². The standard InChI is InChI=1S/C21H28N4O4/c1-28-19-5-3-2-4-16(19)18-12-25(24-23-18)11-10-15-8-9-17(20(13-26)29-15)22-21(27)14-6-7-14/h2-5,12,14-15,17,20,26H,6-11,13H2,1H3,(H,22,27)/t15-,17+,20-/m0/s1. The lowest BCUT2D eigenvalue weighted by Crippen LogP contribution is -2.51. The van der Waals surface area contributed by atoms with E-state index < -0.39 is 0 Å². The Bertz CT molecular complexity index is 836. The van der Waals surface area contributed by atoms with Crippen molar-refractivity contribution in [2.24, 2.45) is 5.92 Å². The summed E-state index contributed by atoms with van der Waals surface area (Å²) in [6.45, 7) is 0.581. The number of nitrogens with zero attached hydrogens (tertiary/aromatic N) is 3. The fourth-order valence-corrected chi connectivity index (χ4v) is 3.82. The number of nitrogens with one attached hydrogen (secondary N) is 1. The molecule has 2 N–H and O–H groups in total. The maximum atomic E-state index is 12.0. The molecule has 2 aliphatic rings. The number of hydrogen-bond donors (Lipinski definition) is 2. The second kappa shape index (κ2) is 8.92. The van der Waals surface area contributed by atoms with Gasteiger partial charge in [-0.15, -0.1) is 5.10 Å². The summed E-state index contributed by atoms with van der Waals surface area (Å²) in [7, 11) is 1.64. The minimum absolute atomic E-state index is 0.0279. The number of ether oxygens (including phenoxy) is 2. The highest BCUT2D eigenvalue weighted by Gasteiger charge is 2.36. The zero-order valence-electron chi connectivity index (χ0n) is 16.7. The Labute approximate surface area is 170 Å². The van der Waals surface area contributed by atoms with E-state index in [2.05, 4.69) is 15.6 Å². The molecule has 4 rings (SSSR count).